The molecule has 0 heterocycles. The second-order valence-corrected chi connectivity index (χ2v) is 4.54. The second-order valence-electron chi connectivity index (χ2n) is 4.54. The van der Waals surface area contributed by atoms with Crippen LogP contribution in [0.25, 0.3) is 0 Å². The van der Waals surface area contributed by atoms with Gasteiger partial charge in [-0.05, 0) is 40.8 Å². The van der Waals surface area contributed by atoms with Crippen LogP contribution in [0.4, 0.5) is 0 Å². The van der Waals surface area contributed by atoms with Crippen molar-refractivity contribution in [1.29, 1.82) is 0 Å². The Labute approximate surface area is 76.3 Å². The van der Waals surface area contributed by atoms with Gasteiger partial charge in [-0.25, -0.2) is 0 Å². The van der Waals surface area contributed by atoms with Gasteiger partial charge in [0.2, 0.25) is 0 Å². The zero-order valence-electron chi connectivity index (χ0n) is 8.85. The molecule has 0 bridgehead atoms. The molecule has 0 aromatic rings. The van der Waals surface area contributed by atoms with Crippen LogP contribution < -0.4 is 5.32 Å². The monoisotopic (exact) mass is 170 g/mol. The van der Waals surface area contributed by atoms with Crippen molar-refractivity contribution in [2.45, 2.75) is 44.7 Å². The summed E-state index contributed by atoms with van der Waals surface area (Å²) >= 11 is 0. The third-order valence-corrected chi connectivity index (χ3v) is 3.19. The van der Waals surface area contributed by atoms with Gasteiger partial charge in [0.15, 0.2) is 0 Å². The van der Waals surface area contributed by atoms with E-state index in [4.69, 9.17) is 0 Å². The summed E-state index contributed by atoms with van der Waals surface area (Å²) in [6.07, 6.45) is 4.21. The minimum absolute atomic E-state index is 0.305. The molecule has 0 saturated heterocycles. The van der Waals surface area contributed by atoms with Crippen LogP contribution >= 0.6 is 0 Å². The molecule has 1 aliphatic carbocycles. The average Bonchev–Trinajstić information content (AvgIpc) is 1.83. The average molecular weight is 170 g/mol. The minimum atomic E-state index is 0.305. The Balaban J connectivity index is 2.41. The summed E-state index contributed by atoms with van der Waals surface area (Å²) in [6, 6.07) is 0.841. The third kappa shape index (κ3) is 1.99. The van der Waals surface area contributed by atoms with Gasteiger partial charge in [0.1, 0.15) is 0 Å². The summed E-state index contributed by atoms with van der Waals surface area (Å²) in [6.45, 7) is 5.68. The fourth-order valence-electron chi connectivity index (χ4n) is 1.83. The van der Waals surface area contributed by atoms with Crippen LogP contribution in [0.1, 0.15) is 33.1 Å². The van der Waals surface area contributed by atoms with Crippen molar-refractivity contribution >= 4 is 0 Å². The molecular weight excluding hydrogens is 148 g/mol. The van der Waals surface area contributed by atoms with Crippen LogP contribution in [0.15, 0.2) is 0 Å². The summed E-state index contributed by atoms with van der Waals surface area (Å²) in [5, 5.41) is 3.25. The number of nitrogens with zero attached hydrogens (tertiary/aromatic N) is 1. The fraction of sp³-hybridized carbons (Fsp3) is 1.00. The zero-order chi connectivity index (χ0) is 9.19. The van der Waals surface area contributed by atoms with E-state index in [-0.39, 0.29) is 0 Å². The molecule has 0 aromatic heterocycles. The maximum absolute atomic E-state index is 3.25. The highest BCUT2D eigenvalue weighted by Crippen LogP contribution is 2.28. The van der Waals surface area contributed by atoms with E-state index in [9.17, 15) is 0 Å². The minimum Gasteiger partial charge on any atom is -0.318 e. The number of hydrogen-bond donors (Lipinski definition) is 1. The molecule has 2 nitrogen and oxygen atoms in total. The SMILES string of the molecule is CNCC(C)(C)N(C)C1CCC1. The molecule has 1 N–H and O–H groups in total. The van der Waals surface area contributed by atoms with Gasteiger partial charge >= 0.3 is 0 Å². The molecule has 0 amide bonds. The number of likely N-dealkylation sites (N-methyl/N-ethyl adjacent to an activating group) is 2. The predicted molar refractivity (Wildman–Crippen MR) is 53.4 cm³/mol. The lowest BCUT2D eigenvalue weighted by molar-refractivity contribution is 0.0576. The topological polar surface area (TPSA) is 15.3 Å². The Hall–Kier alpha value is -0.0800. The maximum Gasteiger partial charge on any atom is 0.0277 e. The van der Waals surface area contributed by atoms with E-state index in [1.165, 1.54) is 19.3 Å². The van der Waals surface area contributed by atoms with Crippen molar-refractivity contribution in [2.75, 3.05) is 20.6 Å². The molecule has 0 aliphatic heterocycles. The van der Waals surface area contributed by atoms with Crippen molar-refractivity contribution in [3.63, 3.8) is 0 Å². The molecule has 1 aliphatic rings. The quantitative estimate of drug-likeness (QED) is 0.687. The maximum atomic E-state index is 3.25. The normalized spacial score (nSPS) is 19.8. The third-order valence-electron chi connectivity index (χ3n) is 3.19. The molecular formula is C10H22N2. The number of rotatable bonds is 4. The standard InChI is InChI=1S/C10H22N2/c1-10(2,8-11-3)12(4)9-6-5-7-9/h9,11H,5-8H2,1-4H3. The van der Waals surface area contributed by atoms with Gasteiger partial charge in [-0.3, -0.25) is 4.90 Å². The van der Waals surface area contributed by atoms with Crippen molar-refractivity contribution < 1.29 is 0 Å². The van der Waals surface area contributed by atoms with Crippen LogP contribution in [0.2, 0.25) is 0 Å². The molecule has 0 unspecified atom stereocenters. The Morgan fingerprint density at radius 3 is 2.33 bits per heavy atom. The zero-order valence-corrected chi connectivity index (χ0v) is 8.85. The molecule has 0 atom stereocenters. The van der Waals surface area contributed by atoms with Crippen LogP contribution in [0.5, 0.6) is 0 Å². The highest BCUT2D eigenvalue weighted by Gasteiger charge is 2.31. The highest BCUT2D eigenvalue weighted by atomic mass is 15.2. The van der Waals surface area contributed by atoms with Crippen molar-refractivity contribution in [3.8, 4) is 0 Å². The summed E-state index contributed by atoms with van der Waals surface area (Å²) in [4.78, 5) is 2.52. The molecule has 72 valence electrons. The van der Waals surface area contributed by atoms with Crippen LogP contribution in [-0.2, 0) is 0 Å². The van der Waals surface area contributed by atoms with Gasteiger partial charge in [-0.15, -0.1) is 0 Å². The van der Waals surface area contributed by atoms with E-state index in [0.29, 0.717) is 5.54 Å². The summed E-state index contributed by atoms with van der Waals surface area (Å²) in [5.41, 5.74) is 0.305. The Bertz CT molecular complexity index is 139. The van der Waals surface area contributed by atoms with Crippen molar-refractivity contribution in [2.24, 2.45) is 0 Å². The molecule has 2 heteroatoms. The molecule has 0 radical (unpaired) electrons. The van der Waals surface area contributed by atoms with E-state index >= 15 is 0 Å². The Morgan fingerprint density at radius 1 is 1.42 bits per heavy atom. The largest absolute Gasteiger partial charge is 0.318 e. The van der Waals surface area contributed by atoms with Crippen molar-refractivity contribution in [1.82, 2.24) is 10.2 Å². The first-order valence-electron chi connectivity index (χ1n) is 4.95. The lowest BCUT2D eigenvalue weighted by atomic mass is 9.88. The molecule has 1 rings (SSSR count). The van der Waals surface area contributed by atoms with Crippen LogP contribution in [-0.4, -0.2) is 37.1 Å². The molecule has 1 fully saturated rings. The first-order valence-corrected chi connectivity index (χ1v) is 4.95. The predicted octanol–water partition coefficient (Wildman–Crippen LogP) is 1.47. The first-order chi connectivity index (χ1) is 5.58. The van der Waals surface area contributed by atoms with E-state index in [1.807, 2.05) is 7.05 Å². The Morgan fingerprint density at radius 2 is 2.00 bits per heavy atom. The second kappa shape index (κ2) is 3.75. The smallest absolute Gasteiger partial charge is 0.0277 e. The van der Waals surface area contributed by atoms with Gasteiger partial charge in [-0.2, -0.15) is 0 Å². The first kappa shape index (κ1) is 10.0. The van der Waals surface area contributed by atoms with Crippen LogP contribution in [0, 0.1) is 0 Å². The van der Waals surface area contributed by atoms with Crippen LogP contribution in [0.3, 0.4) is 0 Å². The number of hydrogen-bond acceptors (Lipinski definition) is 2. The van der Waals surface area contributed by atoms with Gasteiger partial charge in [0.25, 0.3) is 0 Å². The van der Waals surface area contributed by atoms with Gasteiger partial charge in [0, 0.05) is 18.1 Å². The van der Waals surface area contributed by atoms with Gasteiger partial charge < -0.3 is 5.32 Å². The lowest BCUT2D eigenvalue weighted by Crippen LogP contribution is -2.54. The molecule has 0 aromatic carbocycles. The van der Waals surface area contributed by atoms with E-state index in [1.54, 1.807) is 0 Å². The Kier molecular flexibility index (Phi) is 3.13. The van der Waals surface area contributed by atoms with Crippen molar-refractivity contribution in [3.05, 3.63) is 0 Å². The van der Waals surface area contributed by atoms with E-state index < -0.39 is 0 Å². The molecule has 0 spiro atoms. The lowest BCUT2D eigenvalue weighted by Gasteiger charge is -2.45. The van der Waals surface area contributed by atoms with Gasteiger partial charge in [0.05, 0.1) is 0 Å². The summed E-state index contributed by atoms with van der Waals surface area (Å²) in [7, 11) is 4.28. The number of nitrogens with one attached hydrogen (secondary N) is 1. The highest BCUT2D eigenvalue weighted by molar-refractivity contribution is 4.89. The van der Waals surface area contributed by atoms with E-state index in [2.05, 4.69) is 31.1 Å². The fourth-order valence-corrected chi connectivity index (χ4v) is 1.83. The molecule has 1 saturated carbocycles. The summed E-state index contributed by atoms with van der Waals surface area (Å²) < 4.78 is 0. The van der Waals surface area contributed by atoms with Gasteiger partial charge in [-0.1, -0.05) is 6.42 Å². The molecule has 12 heavy (non-hydrogen) atoms. The van der Waals surface area contributed by atoms with E-state index in [0.717, 1.165) is 12.6 Å². The summed E-state index contributed by atoms with van der Waals surface area (Å²) in [5.74, 6) is 0.